The smallest absolute Gasteiger partial charge is 0.332 e. The highest BCUT2D eigenvalue weighted by molar-refractivity contribution is 7.10. The van der Waals surface area contributed by atoms with Crippen molar-refractivity contribution < 1.29 is 4.79 Å². The number of hydrogen-bond acceptors (Lipinski definition) is 6. The number of hydrogen-bond donors (Lipinski definition) is 2. The lowest BCUT2D eigenvalue weighted by Gasteiger charge is -2.15. The molecule has 0 aliphatic rings. The van der Waals surface area contributed by atoms with E-state index < -0.39 is 11.2 Å². The molecule has 0 unspecified atom stereocenters. The number of nitrogens with two attached hydrogens (primary N) is 1. The second-order valence-electron chi connectivity index (χ2n) is 7.48. The van der Waals surface area contributed by atoms with Crippen LogP contribution in [0.1, 0.15) is 24.4 Å². The summed E-state index contributed by atoms with van der Waals surface area (Å²) >= 11 is 1.28. The van der Waals surface area contributed by atoms with Crippen molar-refractivity contribution in [1.82, 2.24) is 19.4 Å². The second kappa shape index (κ2) is 9.08. The number of nitrogens with zero attached hydrogens (tertiary/aromatic N) is 3. The predicted molar refractivity (Wildman–Crippen MR) is 118 cm³/mol. The summed E-state index contributed by atoms with van der Waals surface area (Å²) in [6.45, 7) is 4.76. The predicted octanol–water partition coefficient (Wildman–Crippen LogP) is 1.77. The highest BCUT2D eigenvalue weighted by Gasteiger charge is 2.20. The van der Waals surface area contributed by atoms with Crippen LogP contribution in [0.3, 0.4) is 0 Å². The zero-order valence-corrected chi connectivity index (χ0v) is 18.0. The first kappa shape index (κ1) is 21.5. The zero-order chi connectivity index (χ0) is 21.8. The summed E-state index contributed by atoms with van der Waals surface area (Å²) in [6, 6.07) is 9.62. The van der Waals surface area contributed by atoms with Gasteiger partial charge in [-0.3, -0.25) is 18.7 Å². The number of rotatable bonds is 7. The summed E-state index contributed by atoms with van der Waals surface area (Å²) in [6.07, 6.45) is 0.101. The van der Waals surface area contributed by atoms with Crippen molar-refractivity contribution in [3.05, 3.63) is 67.1 Å². The molecule has 0 bridgehead atoms. The minimum atomic E-state index is -0.497. The van der Waals surface area contributed by atoms with Crippen LogP contribution in [-0.2, 0) is 31.4 Å². The van der Waals surface area contributed by atoms with E-state index in [2.05, 4.69) is 10.3 Å². The second-order valence-corrected chi connectivity index (χ2v) is 8.42. The monoisotopic (exact) mass is 427 g/mol. The van der Waals surface area contributed by atoms with Gasteiger partial charge in [0.25, 0.3) is 5.56 Å². The Labute approximate surface area is 178 Å². The fraction of sp³-hybridized carbons (Fsp3) is 0.333. The highest BCUT2D eigenvalue weighted by atomic mass is 32.1. The lowest BCUT2D eigenvalue weighted by atomic mass is 10.2. The molecular weight excluding hydrogens is 402 g/mol. The Morgan fingerprint density at radius 3 is 2.60 bits per heavy atom. The highest BCUT2D eigenvalue weighted by Crippen LogP contribution is 2.24. The van der Waals surface area contributed by atoms with Gasteiger partial charge in [0.05, 0.1) is 12.1 Å². The minimum absolute atomic E-state index is 0.0992. The van der Waals surface area contributed by atoms with Crippen molar-refractivity contribution in [2.45, 2.75) is 33.4 Å². The first-order valence-electron chi connectivity index (χ1n) is 9.62. The van der Waals surface area contributed by atoms with E-state index in [0.29, 0.717) is 23.8 Å². The Bertz CT molecular complexity index is 1160. The van der Waals surface area contributed by atoms with Gasteiger partial charge >= 0.3 is 5.69 Å². The third-order valence-electron chi connectivity index (χ3n) is 4.58. The average Bonchev–Trinajstić information content (AvgIpc) is 3.16. The summed E-state index contributed by atoms with van der Waals surface area (Å²) in [7, 11) is 1.43. The van der Waals surface area contributed by atoms with Crippen LogP contribution in [-0.4, -0.2) is 20.0 Å². The molecule has 0 saturated heterocycles. The third kappa shape index (κ3) is 4.68. The molecule has 158 valence electrons. The molecular formula is C21H25N5O3S. The summed E-state index contributed by atoms with van der Waals surface area (Å²) in [5.74, 6) is 0.113. The Morgan fingerprint density at radius 2 is 1.93 bits per heavy atom. The number of thiazole rings is 1. The fourth-order valence-corrected chi connectivity index (χ4v) is 3.85. The number of nitrogen functional groups attached to an aromatic ring is 1. The van der Waals surface area contributed by atoms with Gasteiger partial charge in [0, 0.05) is 25.5 Å². The summed E-state index contributed by atoms with van der Waals surface area (Å²) in [4.78, 5) is 41.8. The molecule has 8 nitrogen and oxygen atoms in total. The average molecular weight is 428 g/mol. The Balaban J connectivity index is 1.82. The van der Waals surface area contributed by atoms with Crippen molar-refractivity contribution in [3.63, 3.8) is 0 Å². The van der Waals surface area contributed by atoms with Crippen molar-refractivity contribution in [1.29, 1.82) is 0 Å². The van der Waals surface area contributed by atoms with Gasteiger partial charge in [-0.2, -0.15) is 0 Å². The van der Waals surface area contributed by atoms with Gasteiger partial charge in [-0.05, 0) is 11.5 Å². The van der Waals surface area contributed by atoms with Crippen LogP contribution in [0, 0.1) is 5.92 Å². The van der Waals surface area contributed by atoms with Crippen LogP contribution in [0.4, 0.5) is 5.82 Å². The first-order valence-corrected chi connectivity index (χ1v) is 10.5. The van der Waals surface area contributed by atoms with Crippen LogP contribution in [0.25, 0.3) is 11.3 Å². The normalized spacial score (nSPS) is 11.1. The molecule has 0 aliphatic carbocycles. The van der Waals surface area contributed by atoms with Crippen LogP contribution >= 0.6 is 11.3 Å². The zero-order valence-electron chi connectivity index (χ0n) is 17.2. The molecule has 3 rings (SSSR count). The number of amides is 1. The number of nitrogens with one attached hydrogen (secondary N) is 1. The molecule has 0 atom stereocenters. The van der Waals surface area contributed by atoms with Crippen molar-refractivity contribution in [2.75, 3.05) is 5.73 Å². The number of aromatic nitrogens is 3. The van der Waals surface area contributed by atoms with Crippen molar-refractivity contribution in [3.8, 4) is 11.3 Å². The molecule has 0 aliphatic heterocycles. The van der Waals surface area contributed by atoms with Gasteiger partial charge in [0.1, 0.15) is 16.4 Å². The van der Waals surface area contributed by atoms with Gasteiger partial charge in [-0.15, -0.1) is 11.3 Å². The fourth-order valence-electron chi connectivity index (χ4n) is 3.07. The summed E-state index contributed by atoms with van der Waals surface area (Å²) in [5.41, 5.74) is 6.81. The van der Waals surface area contributed by atoms with E-state index in [4.69, 9.17) is 5.73 Å². The third-order valence-corrected chi connectivity index (χ3v) is 5.43. The minimum Gasteiger partial charge on any atom is -0.384 e. The molecule has 2 heterocycles. The SMILES string of the molecule is CC(C)Cn1c(N)c(-c2csc(CC(=O)NCc3ccccc3)n2)c(=O)n(C)c1=O. The Hall–Kier alpha value is -3.20. The number of benzene rings is 1. The molecule has 2 aromatic heterocycles. The molecule has 0 fully saturated rings. The largest absolute Gasteiger partial charge is 0.384 e. The summed E-state index contributed by atoms with van der Waals surface area (Å²) in [5, 5.41) is 5.12. The van der Waals surface area contributed by atoms with E-state index >= 15 is 0 Å². The maximum atomic E-state index is 12.7. The van der Waals surface area contributed by atoms with Crippen LogP contribution < -0.4 is 22.3 Å². The van der Waals surface area contributed by atoms with E-state index in [1.165, 1.54) is 23.0 Å². The van der Waals surface area contributed by atoms with Gasteiger partial charge < -0.3 is 11.1 Å². The summed E-state index contributed by atoms with van der Waals surface area (Å²) < 4.78 is 2.44. The molecule has 30 heavy (non-hydrogen) atoms. The molecule has 0 spiro atoms. The van der Waals surface area contributed by atoms with Crippen LogP contribution in [0.15, 0.2) is 45.3 Å². The van der Waals surface area contributed by atoms with Crippen LogP contribution in [0.2, 0.25) is 0 Å². The van der Waals surface area contributed by atoms with E-state index in [0.717, 1.165) is 10.1 Å². The molecule has 0 saturated carbocycles. The van der Waals surface area contributed by atoms with Crippen molar-refractivity contribution in [2.24, 2.45) is 13.0 Å². The lowest BCUT2D eigenvalue weighted by molar-refractivity contribution is -0.120. The van der Waals surface area contributed by atoms with Gasteiger partial charge in [-0.25, -0.2) is 9.78 Å². The number of carbonyl (C=O) groups is 1. The number of anilines is 1. The van der Waals surface area contributed by atoms with Gasteiger partial charge in [0.2, 0.25) is 5.91 Å². The van der Waals surface area contributed by atoms with E-state index in [1.54, 1.807) is 5.38 Å². The molecule has 9 heteroatoms. The molecule has 1 amide bonds. The lowest BCUT2D eigenvalue weighted by Crippen LogP contribution is -2.41. The Morgan fingerprint density at radius 1 is 1.23 bits per heavy atom. The van der Waals surface area contributed by atoms with E-state index in [-0.39, 0.29) is 29.6 Å². The molecule has 3 aromatic rings. The van der Waals surface area contributed by atoms with Crippen molar-refractivity contribution >= 4 is 23.1 Å². The molecule has 3 N–H and O–H groups in total. The quantitative estimate of drug-likeness (QED) is 0.597. The van der Waals surface area contributed by atoms with Gasteiger partial charge in [-0.1, -0.05) is 44.2 Å². The molecule has 0 radical (unpaired) electrons. The van der Waals surface area contributed by atoms with Crippen LogP contribution in [0.5, 0.6) is 0 Å². The van der Waals surface area contributed by atoms with Gasteiger partial charge in [0.15, 0.2) is 0 Å². The van der Waals surface area contributed by atoms with E-state index in [1.807, 2.05) is 44.2 Å². The first-order chi connectivity index (χ1) is 14.3. The maximum Gasteiger partial charge on any atom is 0.332 e. The topological polar surface area (TPSA) is 112 Å². The number of carbonyl (C=O) groups excluding carboxylic acids is 1. The van der Waals surface area contributed by atoms with E-state index in [9.17, 15) is 14.4 Å². The molecule has 1 aromatic carbocycles. The maximum absolute atomic E-state index is 12.7. The standard InChI is InChI=1S/C21H25N5O3S/c1-13(2)11-26-19(22)18(20(28)25(3)21(26)29)15-12-30-17(24-15)9-16(27)23-10-14-7-5-4-6-8-14/h4-8,12-13H,9-11,22H2,1-3H3,(H,23,27). The Kier molecular flexibility index (Phi) is 6.51.